The highest BCUT2D eigenvalue weighted by molar-refractivity contribution is 5.69. The molecule has 0 spiro atoms. The van der Waals surface area contributed by atoms with E-state index in [1.54, 1.807) is 6.92 Å². The Kier molecular flexibility index (Phi) is 2.41. The molecule has 0 aliphatic rings. The molecule has 0 heterocycles. The fourth-order valence-electron chi connectivity index (χ4n) is 0.354. The lowest BCUT2D eigenvalue weighted by Gasteiger charge is -2.04. The Hall–Kier alpha value is -0.530. The normalized spacial score (nSPS) is 9.14. The molecule has 0 saturated heterocycles. The predicted octanol–water partition coefficient (Wildman–Crippen LogP) is 1.41. The lowest BCUT2D eigenvalue weighted by Crippen LogP contribution is -2.05. The second kappa shape index (κ2) is 2.61. The number of ether oxygens (including phenoxy) is 1. The molecule has 0 saturated carbocycles. The summed E-state index contributed by atoms with van der Waals surface area (Å²) in [4.78, 5) is 0. The molecular weight excluding hydrogens is 90.1 g/mol. The van der Waals surface area contributed by atoms with Gasteiger partial charge < -0.3 is 4.74 Å². The number of hydrogen-bond donors (Lipinski definition) is 1. The van der Waals surface area contributed by atoms with E-state index in [0.717, 1.165) is 0 Å². The molecule has 42 valence electrons. The maximum Gasteiger partial charge on any atom is 0.177 e. The van der Waals surface area contributed by atoms with Gasteiger partial charge in [0.15, 0.2) is 5.90 Å². The summed E-state index contributed by atoms with van der Waals surface area (Å²) in [6.45, 7) is 5.43. The Bertz CT molecular complexity index is 68.5. The molecular formula is C5H11NO. The van der Waals surface area contributed by atoms with E-state index < -0.39 is 0 Å². The Morgan fingerprint density at radius 1 is 1.57 bits per heavy atom. The van der Waals surface area contributed by atoms with Crippen LogP contribution in [0.25, 0.3) is 0 Å². The third kappa shape index (κ3) is 5.47. The Balaban J connectivity index is 3.13. The zero-order chi connectivity index (χ0) is 5.86. The summed E-state index contributed by atoms with van der Waals surface area (Å²) in [5, 5.41) is 6.80. The molecule has 0 aliphatic carbocycles. The molecule has 0 radical (unpaired) electrons. The van der Waals surface area contributed by atoms with Gasteiger partial charge in [0.1, 0.15) is 0 Å². The quantitative estimate of drug-likeness (QED) is 0.393. The van der Waals surface area contributed by atoms with Gasteiger partial charge in [0.05, 0.1) is 6.10 Å². The summed E-state index contributed by atoms with van der Waals surface area (Å²) in [5.74, 6) is 0.287. The SMILES string of the molecule is CC(=N)OC(C)C. The standard InChI is InChI=1S/C5H11NO/c1-4(2)7-5(3)6/h4,6H,1-3H3. The smallest absolute Gasteiger partial charge is 0.177 e. The van der Waals surface area contributed by atoms with Gasteiger partial charge in [-0.3, -0.25) is 5.41 Å². The molecule has 0 amide bonds. The highest BCUT2D eigenvalue weighted by Gasteiger charge is 1.90. The zero-order valence-corrected chi connectivity index (χ0v) is 4.99. The molecule has 2 nitrogen and oxygen atoms in total. The topological polar surface area (TPSA) is 33.1 Å². The molecule has 0 aromatic heterocycles. The van der Waals surface area contributed by atoms with E-state index in [0.29, 0.717) is 0 Å². The van der Waals surface area contributed by atoms with Gasteiger partial charge in [-0.25, -0.2) is 0 Å². The van der Waals surface area contributed by atoms with E-state index in [-0.39, 0.29) is 12.0 Å². The summed E-state index contributed by atoms with van der Waals surface area (Å²) in [5.41, 5.74) is 0. The van der Waals surface area contributed by atoms with Gasteiger partial charge in [0.2, 0.25) is 0 Å². The molecule has 1 N–H and O–H groups in total. The molecule has 0 atom stereocenters. The van der Waals surface area contributed by atoms with Crippen molar-refractivity contribution >= 4 is 5.90 Å². The molecule has 2 heteroatoms. The lowest BCUT2D eigenvalue weighted by atomic mass is 10.5. The molecule has 0 aromatic rings. The van der Waals surface area contributed by atoms with Crippen LogP contribution in [0.1, 0.15) is 20.8 Å². The first-order valence-electron chi connectivity index (χ1n) is 2.34. The van der Waals surface area contributed by atoms with Crippen molar-refractivity contribution in [3.05, 3.63) is 0 Å². The average molecular weight is 101 g/mol. The van der Waals surface area contributed by atoms with Crippen LogP contribution in [0.15, 0.2) is 0 Å². The molecule has 0 fully saturated rings. The minimum atomic E-state index is 0.150. The Morgan fingerprint density at radius 3 is 2.00 bits per heavy atom. The minimum absolute atomic E-state index is 0.150. The maximum absolute atomic E-state index is 6.80. The van der Waals surface area contributed by atoms with Crippen LogP contribution in [-0.4, -0.2) is 12.0 Å². The number of hydrogen-bond acceptors (Lipinski definition) is 2. The molecule has 0 unspecified atom stereocenters. The lowest BCUT2D eigenvalue weighted by molar-refractivity contribution is 0.224. The summed E-state index contributed by atoms with van der Waals surface area (Å²) in [6, 6.07) is 0. The summed E-state index contributed by atoms with van der Waals surface area (Å²) < 4.78 is 4.83. The van der Waals surface area contributed by atoms with Crippen LogP contribution in [-0.2, 0) is 4.74 Å². The van der Waals surface area contributed by atoms with Crippen LogP contribution in [0.3, 0.4) is 0 Å². The van der Waals surface area contributed by atoms with Crippen LogP contribution in [0.4, 0.5) is 0 Å². The van der Waals surface area contributed by atoms with E-state index in [4.69, 9.17) is 10.1 Å². The van der Waals surface area contributed by atoms with Crippen molar-refractivity contribution in [1.82, 2.24) is 0 Å². The third-order valence-electron chi connectivity index (χ3n) is 0.412. The van der Waals surface area contributed by atoms with E-state index in [2.05, 4.69) is 0 Å². The van der Waals surface area contributed by atoms with Gasteiger partial charge in [-0.15, -0.1) is 0 Å². The monoisotopic (exact) mass is 101 g/mol. The van der Waals surface area contributed by atoms with Gasteiger partial charge >= 0.3 is 0 Å². The fourth-order valence-corrected chi connectivity index (χ4v) is 0.354. The van der Waals surface area contributed by atoms with Crippen LogP contribution >= 0.6 is 0 Å². The van der Waals surface area contributed by atoms with Crippen molar-refractivity contribution in [2.45, 2.75) is 26.9 Å². The maximum atomic E-state index is 6.80. The van der Waals surface area contributed by atoms with Crippen LogP contribution in [0.5, 0.6) is 0 Å². The van der Waals surface area contributed by atoms with Crippen molar-refractivity contribution in [2.24, 2.45) is 0 Å². The summed E-state index contributed by atoms with van der Waals surface area (Å²) in [6.07, 6.45) is 0.150. The van der Waals surface area contributed by atoms with Gasteiger partial charge in [-0.2, -0.15) is 0 Å². The van der Waals surface area contributed by atoms with Crippen molar-refractivity contribution in [1.29, 1.82) is 5.41 Å². The molecule has 0 bridgehead atoms. The minimum Gasteiger partial charge on any atom is -0.479 e. The molecule has 0 rings (SSSR count). The summed E-state index contributed by atoms with van der Waals surface area (Å²) in [7, 11) is 0. The first kappa shape index (κ1) is 6.47. The van der Waals surface area contributed by atoms with Crippen molar-refractivity contribution in [2.75, 3.05) is 0 Å². The Morgan fingerprint density at radius 2 is 2.00 bits per heavy atom. The average Bonchev–Trinajstić information content (AvgIpc) is 1.27. The van der Waals surface area contributed by atoms with E-state index in [1.165, 1.54) is 0 Å². The van der Waals surface area contributed by atoms with Crippen LogP contribution in [0, 0.1) is 5.41 Å². The van der Waals surface area contributed by atoms with Gasteiger partial charge in [-0.1, -0.05) is 0 Å². The first-order valence-corrected chi connectivity index (χ1v) is 2.34. The largest absolute Gasteiger partial charge is 0.479 e. The fraction of sp³-hybridized carbons (Fsp3) is 0.800. The first-order chi connectivity index (χ1) is 3.13. The van der Waals surface area contributed by atoms with Gasteiger partial charge in [0, 0.05) is 6.92 Å². The molecule has 0 aliphatic heterocycles. The number of nitrogens with one attached hydrogen (secondary N) is 1. The van der Waals surface area contributed by atoms with Crippen molar-refractivity contribution in [3.8, 4) is 0 Å². The third-order valence-corrected chi connectivity index (χ3v) is 0.412. The van der Waals surface area contributed by atoms with E-state index >= 15 is 0 Å². The van der Waals surface area contributed by atoms with Crippen molar-refractivity contribution in [3.63, 3.8) is 0 Å². The zero-order valence-electron chi connectivity index (χ0n) is 4.99. The van der Waals surface area contributed by atoms with Crippen LogP contribution < -0.4 is 0 Å². The number of rotatable bonds is 1. The molecule has 0 aromatic carbocycles. The second-order valence-electron chi connectivity index (χ2n) is 1.72. The Labute approximate surface area is 44.0 Å². The van der Waals surface area contributed by atoms with Crippen LogP contribution in [0.2, 0.25) is 0 Å². The second-order valence-corrected chi connectivity index (χ2v) is 1.72. The van der Waals surface area contributed by atoms with Gasteiger partial charge in [-0.05, 0) is 13.8 Å². The predicted molar refractivity (Wildman–Crippen MR) is 29.6 cm³/mol. The molecule has 7 heavy (non-hydrogen) atoms. The van der Waals surface area contributed by atoms with E-state index in [9.17, 15) is 0 Å². The van der Waals surface area contributed by atoms with Gasteiger partial charge in [0.25, 0.3) is 0 Å². The van der Waals surface area contributed by atoms with Crippen molar-refractivity contribution < 1.29 is 4.74 Å². The highest BCUT2D eigenvalue weighted by Crippen LogP contribution is 1.86. The van der Waals surface area contributed by atoms with E-state index in [1.807, 2.05) is 13.8 Å². The summed E-state index contributed by atoms with van der Waals surface area (Å²) >= 11 is 0. The highest BCUT2D eigenvalue weighted by atomic mass is 16.5.